The predicted octanol–water partition coefficient (Wildman–Crippen LogP) is 2.02. The van der Waals surface area contributed by atoms with Gasteiger partial charge in [-0.25, -0.2) is 4.68 Å². The summed E-state index contributed by atoms with van der Waals surface area (Å²) in [7, 11) is 0. The fourth-order valence-corrected chi connectivity index (χ4v) is 1.60. The molecule has 0 amide bonds. The Kier molecular flexibility index (Phi) is 3.66. The van der Waals surface area contributed by atoms with Crippen LogP contribution in [0.25, 0.3) is 0 Å². The molecule has 1 rings (SSSR count). The van der Waals surface area contributed by atoms with E-state index in [4.69, 9.17) is 11.6 Å². The van der Waals surface area contributed by atoms with Crippen molar-refractivity contribution in [3.05, 3.63) is 5.82 Å². The van der Waals surface area contributed by atoms with Gasteiger partial charge in [0.1, 0.15) is 0 Å². The summed E-state index contributed by atoms with van der Waals surface area (Å²) in [4.78, 5) is 0. The SMILES string of the molecule is CC(C)CC(C)n1nnnc1CCl. The van der Waals surface area contributed by atoms with E-state index in [0.29, 0.717) is 17.8 Å². The number of hydrogen-bond acceptors (Lipinski definition) is 3. The Labute approximate surface area is 83.3 Å². The van der Waals surface area contributed by atoms with Crippen LogP contribution in [-0.4, -0.2) is 20.2 Å². The largest absolute Gasteiger partial charge is 0.226 e. The van der Waals surface area contributed by atoms with E-state index in [2.05, 4.69) is 36.3 Å². The van der Waals surface area contributed by atoms with Gasteiger partial charge < -0.3 is 0 Å². The average Bonchev–Trinajstić information content (AvgIpc) is 2.49. The van der Waals surface area contributed by atoms with Crippen molar-refractivity contribution in [2.24, 2.45) is 5.92 Å². The number of halogens is 1. The minimum atomic E-state index is 0.323. The van der Waals surface area contributed by atoms with Gasteiger partial charge in [-0.3, -0.25) is 0 Å². The summed E-state index contributed by atoms with van der Waals surface area (Å²) < 4.78 is 1.80. The van der Waals surface area contributed by atoms with Crippen LogP contribution >= 0.6 is 11.6 Å². The van der Waals surface area contributed by atoms with Crippen LogP contribution in [0.1, 0.15) is 39.1 Å². The predicted molar refractivity (Wildman–Crippen MR) is 51.5 cm³/mol. The van der Waals surface area contributed by atoms with Crippen LogP contribution in [-0.2, 0) is 5.88 Å². The van der Waals surface area contributed by atoms with Gasteiger partial charge in [-0.05, 0) is 29.7 Å². The first-order chi connectivity index (χ1) is 6.15. The number of tetrazole rings is 1. The van der Waals surface area contributed by atoms with Crippen molar-refractivity contribution in [3.8, 4) is 0 Å². The summed E-state index contributed by atoms with van der Waals surface area (Å²) in [6, 6.07) is 0.323. The van der Waals surface area contributed by atoms with E-state index < -0.39 is 0 Å². The summed E-state index contributed by atoms with van der Waals surface area (Å²) >= 11 is 5.69. The molecule has 0 aromatic carbocycles. The molecule has 0 saturated heterocycles. The summed E-state index contributed by atoms with van der Waals surface area (Å²) in [6.07, 6.45) is 1.06. The molecule has 1 atom stereocenters. The Hall–Kier alpha value is -0.640. The van der Waals surface area contributed by atoms with Crippen molar-refractivity contribution in [1.82, 2.24) is 20.2 Å². The standard InChI is InChI=1S/C8H15ClN4/c1-6(2)4-7(3)13-8(5-9)10-11-12-13/h6-7H,4-5H2,1-3H3. The lowest BCUT2D eigenvalue weighted by atomic mass is 10.1. The third-order valence-electron chi connectivity index (χ3n) is 1.91. The molecule has 1 unspecified atom stereocenters. The molecule has 0 N–H and O–H groups in total. The smallest absolute Gasteiger partial charge is 0.166 e. The van der Waals surface area contributed by atoms with E-state index in [0.717, 1.165) is 12.2 Å². The van der Waals surface area contributed by atoms with Crippen molar-refractivity contribution in [3.63, 3.8) is 0 Å². The van der Waals surface area contributed by atoms with Crippen LogP contribution in [0.2, 0.25) is 0 Å². The maximum absolute atomic E-state index is 5.69. The maximum atomic E-state index is 5.69. The van der Waals surface area contributed by atoms with E-state index in [1.54, 1.807) is 4.68 Å². The second-order valence-electron chi connectivity index (χ2n) is 3.65. The molecule has 74 valence electrons. The molecule has 0 spiro atoms. The molecule has 0 bridgehead atoms. The van der Waals surface area contributed by atoms with Gasteiger partial charge in [0.15, 0.2) is 5.82 Å². The summed E-state index contributed by atoms with van der Waals surface area (Å²) in [5.41, 5.74) is 0. The molecule has 4 nitrogen and oxygen atoms in total. The van der Waals surface area contributed by atoms with Crippen LogP contribution in [0.5, 0.6) is 0 Å². The first-order valence-corrected chi connectivity index (χ1v) is 5.01. The molecule has 1 heterocycles. The van der Waals surface area contributed by atoms with Gasteiger partial charge in [-0.15, -0.1) is 16.7 Å². The summed E-state index contributed by atoms with van der Waals surface area (Å²) in [5.74, 6) is 1.76. The Balaban J connectivity index is 2.69. The third-order valence-corrected chi connectivity index (χ3v) is 2.15. The third kappa shape index (κ3) is 2.66. The van der Waals surface area contributed by atoms with Crippen LogP contribution in [0.3, 0.4) is 0 Å². The van der Waals surface area contributed by atoms with Crippen molar-refractivity contribution in [1.29, 1.82) is 0 Å². The monoisotopic (exact) mass is 202 g/mol. The van der Waals surface area contributed by atoms with Crippen LogP contribution in [0.15, 0.2) is 0 Å². The quantitative estimate of drug-likeness (QED) is 0.702. The van der Waals surface area contributed by atoms with Crippen LogP contribution in [0, 0.1) is 5.92 Å². The number of hydrogen-bond donors (Lipinski definition) is 0. The molecule has 0 aliphatic carbocycles. The lowest BCUT2D eigenvalue weighted by Crippen LogP contribution is -2.12. The average molecular weight is 203 g/mol. The van der Waals surface area contributed by atoms with Crippen molar-refractivity contribution in [2.75, 3.05) is 0 Å². The van der Waals surface area contributed by atoms with Gasteiger partial charge in [0.2, 0.25) is 0 Å². The number of nitrogens with zero attached hydrogens (tertiary/aromatic N) is 4. The molecule has 5 heteroatoms. The Morgan fingerprint density at radius 2 is 2.08 bits per heavy atom. The first kappa shape index (κ1) is 10.4. The molecule has 1 aromatic heterocycles. The van der Waals surface area contributed by atoms with Crippen molar-refractivity contribution >= 4 is 11.6 Å². The molecular weight excluding hydrogens is 188 g/mol. The normalized spacial score (nSPS) is 13.6. The second-order valence-corrected chi connectivity index (χ2v) is 3.92. The fraction of sp³-hybridized carbons (Fsp3) is 0.875. The van der Waals surface area contributed by atoms with E-state index in [1.807, 2.05) is 0 Å². The Morgan fingerprint density at radius 1 is 1.38 bits per heavy atom. The molecular formula is C8H15ClN4. The molecule has 0 aliphatic heterocycles. The summed E-state index contributed by atoms with van der Waals surface area (Å²) in [6.45, 7) is 6.47. The maximum Gasteiger partial charge on any atom is 0.166 e. The van der Waals surface area contributed by atoms with E-state index in [1.165, 1.54) is 0 Å². The molecule has 0 fully saturated rings. The minimum Gasteiger partial charge on any atom is -0.226 e. The molecule has 13 heavy (non-hydrogen) atoms. The Bertz CT molecular complexity index is 258. The van der Waals surface area contributed by atoms with Crippen LogP contribution < -0.4 is 0 Å². The Morgan fingerprint density at radius 3 is 2.62 bits per heavy atom. The molecule has 0 radical (unpaired) electrons. The van der Waals surface area contributed by atoms with Gasteiger partial charge in [-0.1, -0.05) is 13.8 Å². The highest BCUT2D eigenvalue weighted by Gasteiger charge is 2.12. The lowest BCUT2D eigenvalue weighted by Gasteiger charge is -2.14. The van der Waals surface area contributed by atoms with E-state index in [-0.39, 0.29) is 0 Å². The first-order valence-electron chi connectivity index (χ1n) is 4.47. The molecule has 0 saturated carbocycles. The number of aromatic nitrogens is 4. The van der Waals surface area contributed by atoms with Gasteiger partial charge in [0, 0.05) is 0 Å². The summed E-state index contributed by atoms with van der Waals surface area (Å²) in [5, 5.41) is 11.3. The minimum absolute atomic E-state index is 0.323. The number of rotatable bonds is 4. The topological polar surface area (TPSA) is 43.6 Å². The highest BCUT2D eigenvalue weighted by atomic mass is 35.5. The zero-order valence-electron chi connectivity index (χ0n) is 8.24. The zero-order chi connectivity index (χ0) is 9.84. The molecule has 1 aromatic rings. The fourth-order valence-electron chi connectivity index (χ4n) is 1.42. The zero-order valence-corrected chi connectivity index (χ0v) is 8.99. The highest BCUT2D eigenvalue weighted by Crippen LogP contribution is 2.16. The van der Waals surface area contributed by atoms with Crippen molar-refractivity contribution in [2.45, 2.75) is 39.1 Å². The van der Waals surface area contributed by atoms with Gasteiger partial charge >= 0.3 is 0 Å². The van der Waals surface area contributed by atoms with Crippen molar-refractivity contribution < 1.29 is 0 Å². The van der Waals surface area contributed by atoms with Gasteiger partial charge in [0.25, 0.3) is 0 Å². The lowest BCUT2D eigenvalue weighted by molar-refractivity contribution is 0.384. The second kappa shape index (κ2) is 4.56. The van der Waals surface area contributed by atoms with E-state index >= 15 is 0 Å². The highest BCUT2D eigenvalue weighted by molar-refractivity contribution is 6.16. The number of alkyl halides is 1. The van der Waals surface area contributed by atoms with Gasteiger partial charge in [0.05, 0.1) is 11.9 Å². The van der Waals surface area contributed by atoms with Crippen LogP contribution in [0.4, 0.5) is 0 Å². The van der Waals surface area contributed by atoms with Gasteiger partial charge in [-0.2, -0.15) is 0 Å². The van der Waals surface area contributed by atoms with E-state index in [9.17, 15) is 0 Å². The molecule has 0 aliphatic rings.